The van der Waals surface area contributed by atoms with Gasteiger partial charge < -0.3 is 5.32 Å². The quantitative estimate of drug-likeness (QED) is 0.403. The highest BCUT2D eigenvalue weighted by Crippen LogP contribution is 2.51. The maximum atomic E-state index is 13.1. The molecular formula is C24H27F3N2O2. The lowest BCUT2D eigenvalue weighted by Crippen LogP contribution is -2.38. The summed E-state index contributed by atoms with van der Waals surface area (Å²) in [6, 6.07) is 10.3. The number of anilines is 2. The molecule has 2 aliphatic carbocycles. The van der Waals surface area contributed by atoms with Crippen molar-refractivity contribution in [2.75, 3.05) is 5.32 Å². The molecule has 166 valence electrons. The van der Waals surface area contributed by atoms with E-state index in [0.717, 1.165) is 29.9 Å². The Morgan fingerprint density at radius 1 is 1.00 bits per heavy atom. The first kappa shape index (κ1) is 21.7. The number of hydrogen-bond acceptors (Lipinski definition) is 3. The van der Waals surface area contributed by atoms with E-state index in [1.165, 1.54) is 37.7 Å². The highest BCUT2D eigenvalue weighted by molar-refractivity contribution is 5.64. The van der Waals surface area contributed by atoms with Gasteiger partial charge in [0.15, 0.2) is 0 Å². The van der Waals surface area contributed by atoms with E-state index in [2.05, 4.69) is 19.2 Å². The van der Waals surface area contributed by atoms with Crippen LogP contribution in [0.4, 0.5) is 30.2 Å². The number of halogens is 3. The van der Waals surface area contributed by atoms with Crippen molar-refractivity contribution in [2.24, 2.45) is 17.8 Å². The summed E-state index contributed by atoms with van der Waals surface area (Å²) in [5.41, 5.74) is 0.367. The number of benzene rings is 2. The summed E-state index contributed by atoms with van der Waals surface area (Å²) in [7, 11) is 0. The Kier molecular flexibility index (Phi) is 5.48. The lowest BCUT2D eigenvalue weighted by molar-refractivity contribution is -0.385. The second-order valence-electron chi connectivity index (χ2n) is 9.74. The molecule has 2 fully saturated rings. The summed E-state index contributed by atoms with van der Waals surface area (Å²) >= 11 is 0. The first-order chi connectivity index (χ1) is 14.5. The van der Waals surface area contributed by atoms with Gasteiger partial charge in [-0.1, -0.05) is 26.0 Å². The molecule has 2 atom stereocenters. The van der Waals surface area contributed by atoms with E-state index in [9.17, 15) is 23.3 Å². The molecule has 4 nitrogen and oxygen atoms in total. The van der Waals surface area contributed by atoms with Gasteiger partial charge in [0, 0.05) is 23.5 Å². The summed E-state index contributed by atoms with van der Waals surface area (Å²) in [6.07, 6.45) is 1.59. The van der Waals surface area contributed by atoms with Gasteiger partial charge in [-0.25, -0.2) is 0 Å². The molecule has 2 aliphatic rings. The summed E-state index contributed by atoms with van der Waals surface area (Å²) in [6.45, 7) is 4.67. The molecule has 31 heavy (non-hydrogen) atoms. The number of hydrogen-bond donors (Lipinski definition) is 1. The lowest BCUT2D eigenvalue weighted by Gasteiger charge is -2.47. The zero-order chi connectivity index (χ0) is 22.4. The van der Waals surface area contributed by atoms with E-state index in [1.807, 2.05) is 24.3 Å². The molecule has 0 aromatic heterocycles. The van der Waals surface area contributed by atoms with Crippen LogP contribution in [0.25, 0.3) is 0 Å². The zero-order valence-corrected chi connectivity index (χ0v) is 17.7. The third-order valence-electron chi connectivity index (χ3n) is 6.94. The van der Waals surface area contributed by atoms with E-state index in [1.54, 1.807) is 0 Å². The summed E-state index contributed by atoms with van der Waals surface area (Å²) < 4.78 is 39.4. The maximum absolute atomic E-state index is 13.1. The van der Waals surface area contributed by atoms with Crippen LogP contribution >= 0.6 is 0 Å². The summed E-state index contributed by atoms with van der Waals surface area (Å²) in [4.78, 5) is 10.2. The van der Waals surface area contributed by atoms with E-state index >= 15 is 0 Å². The number of nitro groups is 1. The van der Waals surface area contributed by atoms with Crippen LogP contribution in [0.15, 0.2) is 42.5 Å². The standard InChI is InChI=1S/C24H27F3N2O2/c1-15-7-16-9-17(8-15)14-23(2,13-16)18-3-5-20(6-4-18)28-21-10-19(24(25,26)27)11-22(12-21)29(30)31/h3-6,10-12,15-17,28H,7-9,13-14H2,1-2H3. The van der Waals surface area contributed by atoms with Crippen LogP contribution in [0.2, 0.25) is 0 Å². The second-order valence-corrected chi connectivity index (χ2v) is 9.74. The Morgan fingerprint density at radius 2 is 1.61 bits per heavy atom. The molecule has 2 aromatic carbocycles. The van der Waals surface area contributed by atoms with Crippen molar-refractivity contribution in [3.8, 4) is 0 Å². The molecule has 0 aliphatic heterocycles. The Morgan fingerprint density at radius 3 is 2.16 bits per heavy atom. The average Bonchev–Trinajstić information content (AvgIpc) is 2.66. The normalized spacial score (nSPS) is 28.2. The largest absolute Gasteiger partial charge is 0.416 e. The summed E-state index contributed by atoms with van der Waals surface area (Å²) in [5, 5.41) is 13.9. The highest BCUT2D eigenvalue weighted by atomic mass is 19.4. The predicted octanol–water partition coefficient (Wildman–Crippen LogP) is 7.46. The third-order valence-corrected chi connectivity index (χ3v) is 6.94. The minimum atomic E-state index is -4.66. The topological polar surface area (TPSA) is 55.2 Å². The predicted molar refractivity (Wildman–Crippen MR) is 114 cm³/mol. The average molecular weight is 432 g/mol. The fraction of sp³-hybridized carbons (Fsp3) is 0.500. The number of non-ortho nitro benzene ring substituents is 1. The van der Waals surface area contributed by atoms with Crippen molar-refractivity contribution >= 4 is 17.1 Å². The van der Waals surface area contributed by atoms with Gasteiger partial charge in [0.1, 0.15) is 0 Å². The fourth-order valence-electron chi connectivity index (χ4n) is 5.90. The molecule has 0 saturated heterocycles. The van der Waals surface area contributed by atoms with Gasteiger partial charge in [-0.05, 0) is 79.0 Å². The monoisotopic (exact) mass is 432 g/mol. The lowest BCUT2D eigenvalue weighted by atomic mass is 9.57. The van der Waals surface area contributed by atoms with Gasteiger partial charge >= 0.3 is 6.18 Å². The molecule has 2 aromatic rings. The van der Waals surface area contributed by atoms with E-state index in [-0.39, 0.29) is 11.1 Å². The van der Waals surface area contributed by atoms with Gasteiger partial charge in [-0.2, -0.15) is 13.2 Å². The molecule has 1 N–H and O–H groups in total. The Hall–Kier alpha value is -2.57. The van der Waals surface area contributed by atoms with Crippen LogP contribution in [0.1, 0.15) is 57.1 Å². The third kappa shape index (κ3) is 4.70. The number of rotatable bonds is 4. The number of nitro benzene ring substituents is 1. The fourth-order valence-corrected chi connectivity index (χ4v) is 5.90. The van der Waals surface area contributed by atoms with Crippen LogP contribution in [0, 0.1) is 27.9 Å². The van der Waals surface area contributed by atoms with Gasteiger partial charge in [0.25, 0.3) is 5.69 Å². The summed E-state index contributed by atoms with van der Waals surface area (Å²) in [5.74, 6) is 2.32. The van der Waals surface area contributed by atoms with E-state index < -0.39 is 22.4 Å². The molecule has 0 heterocycles. The van der Waals surface area contributed by atoms with E-state index in [0.29, 0.717) is 11.8 Å². The Labute approximate surface area is 180 Å². The van der Waals surface area contributed by atoms with Gasteiger partial charge in [-0.3, -0.25) is 10.1 Å². The van der Waals surface area contributed by atoms with Crippen molar-refractivity contribution in [1.82, 2.24) is 0 Å². The molecule has 0 spiro atoms. The first-order valence-electron chi connectivity index (χ1n) is 10.8. The van der Waals surface area contributed by atoms with Crippen LogP contribution in [0.3, 0.4) is 0 Å². The zero-order valence-electron chi connectivity index (χ0n) is 17.7. The second kappa shape index (κ2) is 7.84. The molecule has 2 saturated carbocycles. The number of alkyl halides is 3. The van der Waals surface area contributed by atoms with Crippen LogP contribution < -0.4 is 5.32 Å². The molecule has 2 bridgehead atoms. The Balaban J connectivity index is 1.54. The molecule has 0 radical (unpaired) electrons. The van der Waals surface area contributed by atoms with Crippen molar-refractivity contribution < 1.29 is 18.1 Å². The number of nitrogens with zero attached hydrogens (tertiary/aromatic N) is 1. The van der Waals surface area contributed by atoms with Gasteiger partial charge in [-0.15, -0.1) is 0 Å². The minimum absolute atomic E-state index is 0.0432. The van der Waals surface area contributed by atoms with Gasteiger partial charge in [0.05, 0.1) is 10.5 Å². The van der Waals surface area contributed by atoms with E-state index in [4.69, 9.17) is 0 Å². The SMILES string of the molecule is CC1CC2CC(C1)CC(C)(c1ccc(Nc3cc([N+](=O)[O-])cc(C(F)(F)F)c3)cc1)C2. The van der Waals surface area contributed by atoms with Crippen LogP contribution in [-0.2, 0) is 11.6 Å². The van der Waals surface area contributed by atoms with Crippen molar-refractivity contribution in [3.05, 3.63) is 63.7 Å². The minimum Gasteiger partial charge on any atom is -0.355 e. The van der Waals surface area contributed by atoms with Crippen molar-refractivity contribution in [3.63, 3.8) is 0 Å². The first-order valence-corrected chi connectivity index (χ1v) is 10.8. The highest BCUT2D eigenvalue weighted by Gasteiger charge is 2.41. The Bertz CT molecular complexity index is 954. The molecule has 7 heteroatoms. The van der Waals surface area contributed by atoms with Gasteiger partial charge in [0.2, 0.25) is 0 Å². The van der Waals surface area contributed by atoms with Crippen LogP contribution in [-0.4, -0.2) is 4.92 Å². The molecule has 0 amide bonds. The van der Waals surface area contributed by atoms with Crippen molar-refractivity contribution in [2.45, 2.75) is 57.5 Å². The molecule has 4 rings (SSSR count). The van der Waals surface area contributed by atoms with Crippen molar-refractivity contribution in [1.29, 1.82) is 0 Å². The van der Waals surface area contributed by atoms with Crippen LogP contribution in [0.5, 0.6) is 0 Å². The molecular weight excluding hydrogens is 405 g/mol. The maximum Gasteiger partial charge on any atom is 0.416 e. The molecule has 2 unspecified atom stereocenters. The smallest absolute Gasteiger partial charge is 0.355 e. The number of nitrogens with one attached hydrogen (secondary N) is 1. The number of fused-ring (bicyclic) bond motifs is 2.